The van der Waals surface area contributed by atoms with Crippen LogP contribution in [0, 0.1) is 0 Å². The summed E-state index contributed by atoms with van der Waals surface area (Å²) in [5.74, 6) is 0.976. The Morgan fingerprint density at radius 3 is 2.80 bits per heavy atom. The normalized spacial score (nSPS) is 25.1. The van der Waals surface area contributed by atoms with Gasteiger partial charge in [-0.25, -0.2) is 0 Å². The highest BCUT2D eigenvalue weighted by atomic mass is 79.9. The van der Waals surface area contributed by atoms with Gasteiger partial charge in [0, 0.05) is 22.5 Å². The fourth-order valence-electron chi connectivity index (χ4n) is 2.13. The quantitative estimate of drug-likeness (QED) is 0.796. The zero-order valence-corrected chi connectivity index (χ0v) is 10.6. The van der Waals surface area contributed by atoms with Crippen molar-refractivity contribution in [3.8, 4) is 5.75 Å². The maximum Gasteiger partial charge on any atom is 0.124 e. The van der Waals surface area contributed by atoms with Crippen molar-refractivity contribution in [2.75, 3.05) is 0 Å². The molecule has 0 saturated heterocycles. The second-order valence-corrected chi connectivity index (χ2v) is 5.19. The second-order valence-electron chi connectivity index (χ2n) is 4.28. The van der Waals surface area contributed by atoms with Gasteiger partial charge in [-0.2, -0.15) is 0 Å². The predicted molar refractivity (Wildman–Crippen MR) is 65.5 cm³/mol. The zero-order valence-electron chi connectivity index (χ0n) is 8.20. The van der Waals surface area contributed by atoms with Gasteiger partial charge >= 0.3 is 0 Å². The number of halogens is 2. The van der Waals surface area contributed by atoms with Gasteiger partial charge < -0.3 is 10.5 Å². The number of hydrogen-bond donors (Lipinski definition) is 1. The van der Waals surface area contributed by atoms with Crippen LogP contribution >= 0.6 is 28.3 Å². The van der Waals surface area contributed by atoms with Gasteiger partial charge in [0.1, 0.15) is 11.4 Å². The van der Waals surface area contributed by atoms with Crippen molar-refractivity contribution in [3.63, 3.8) is 0 Å². The van der Waals surface area contributed by atoms with Crippen LogP contribution in [0.15, 0.2) is 22.7 Å². The molecule has 1 aliphatic heterocycles. The summed E-state index contributed by atoms with van der Waals surface area (Å²) < 4.78 is 7.03. The summed E-state index contributed by atoms with van der Waals surface area (Å²) in [5, 5.41) is 0. The van der Waals surface area contributed by atoms with Crippen LogP contribution in [0.3, 0.4) is 0 Å². The minimum Gasteiger partial charge on any atom is -0.487 e. The smallest absolute Gasteiger partial charge is 0.124 e. The molecule has 0 amide bonds. The van der Waals surface area contributed by atoms with Crippen LogP contribution in [0.4, 0.5) is 0 Å². The molecule has 3 rings (SSSR count). The SMILES string of the molecule is Cl.NC1CC2(CC2)Oc2ccc(Br)cc21. The van der Waals surface area contributed by atoms with Crippen LogP contribution < -0.4 is 10.5 Å². The van der Waals surface area contributed by atoms with E-state index in [1.807, 2.05) is 12.1 Å². The van der Waals surface area contributed by atoms with E-state index in [2.05, 4.69) is 22.0 Å². The van der Waals surface area contributed by atoms with Gasteiger partial charge in [0.2, 0.25) is 0 Å². The summed E-state index contributed by atoms with van der Waals surface area (Å²) in [6, 6.07) is 6.22. The van der Waals surface area contributed by atoms with E-state index in [0.29, 0.717) is 0 Å². The Morgan fingerprint density at radius 2 is 2.13 bits per heavy atom. The zero-order chi connectivity index (χ0) is 9.76. The Morgan fingerprint density at radius 1 is 1.40 bits per heavy atom. The van der Waals surface area contributed by atoms with E-state index in [1.165, 1.54) is 0 Å². The van der Waals surface area contributed by atoms with E-state index in [1.54, 1.807) is 0 Å². The Balaban J connectivity index is 0.000000853. The summed E-state index contributed by atoms with van der Waals surface area (Å²) in [4.78, 5) is 0. The molecule has 1 aromatic carbocycles. The van der Waals surface area contributed by atoms with Crippen molar-refractivity contribution < 1.29 is 4.74 Å². The lowest BCUT2D eigenvalue weighted by atomic mass is 9.96. The number of nitrogens with two attached hydrogens (primary N) is 1. The van der Waals surface area contributed by atoms with Gasteiger partial charge in [-0.05, 0) is 31.0 Å². The number of benzene rings is 1. The first-order valence-electron chi connectivity index (χ1n) is 4.93. The Kier molecular flexibility index (Phi) is 2.73. The van der Waals surface area contributed by atoms with Crippen LogP contribution in [0.5, 0.6) is 5.75 Å². The van der Waals surface area contributed by atoms with Gasteiger partial charge in [-0.3, -0.25) is 0 Å². The average Bonchev–Trinajstić information content (AvgIpc) is 2.87. The van der Waals surface area contributed by atoms with Crippen LogP contribution in [-0.2, 0) is 0 Å². The number of hydrogen-bond acceptors (Lipinski definition) is 2. The van der Waals surface area contributed by atoms with E-state index in [0.717, 1.165) is 35.0 Å². The van der Waals surface area contributed by atoms with Gasteiger partial charge in [0.25, 0.3) is 0 Å². The second kappa shape index (κ2) is 3.65. The third-order valence-electron chi connectivity index (χ3n) is 3.10. The van der Waals surface area contributed by atoms with E-state index >= 15 is 0 Å². The molecule has 1 saturated carbocycles. The number of ether oxygens (including phenoxy) is 1. The molecule has 4 heteroatoms. The minimum absolute atomic E-state index is 0. The summed E-state index contributed by atoms with van der Waals surface area (Å²) in [6.45, 7) is 0. The molecule has 0 aromatic heterocycles. The molecule has 0 radical (unpaired) electrons. The van der Waals surface area contributed by atoms with Gasteiger partial charge in [0.15, 0.2) is 0 Å². The van der Waals surface area contributed by atoms with Crippen molar-refractivity contribution in [2.24, 2.45) is 5.73 Å². The summed E-state index contributed by atoms with van der Waals surface area (Å²) in [6.07, 6.45) is 3.29. The summed E-state index contributed by atoms with van der Waals surface area (Å²) in [7, 11) is 0. The fraction of sp³-hybridized carbons (Fsp3) is 0.455. The maximum absolute atomic E-state index is 6.13. The van der Waals surface area contributed by atoms with Crippen molar-refractivity contribution in [3.05, 3.63) is 28.2 Å². The molecule has 1 aromatic rings. The average molecular weight is 291 g/mol. The van der Waals surface area contributed by atoms with Crippen LogP contribution in [0.1, 0.15) is 30.9 Å². The van der Waals surface area contributed by atoms with Crippen LogP contribution in [0.25, 0.3) is 0 Å². The third kappa shape index (κ3) is 1.88. The highest BCUT2D eigenvalue weighted by Crippen LogP contribution is 2.51. The molecule has 82 valence electrons. The molecule has 1 atom stereocenters. The van der Waals surface area contributed by atoms with E-state index < -0.39 is 0 Å². The lowest BCUT2D eigenvalue weighted by Crippen LogP contribution is -2.30. The Hall–Kier alpha value is -0.250. The van der Waals surface area contributed by atoms with Crippen molar-refractivity contribution >= 4 is 28.3 Å². The highest BCUT2D eigenvalue weighted by molar-refractivity contribution is 9.10. The van der Waals surface area contributed by atoms with Crippen LogP contribution in [-0.4, -0.2) is 5.60 Å². The minimum atomic E-state index is 0. The highest BCUT2D eigenvalue weighted by Gasteiger charge is 2.49. The van der Waals surface area contributed by atoms with E-state index in [-0.39, 0.29) is 24.0 Å². The van der Waals surface area contributed by atoms with Gasteiger partial charge in [-0.1, -0.05) is 15.9 Å². The van der Waals surface area contributed by atoms with Crippen molar-refractivity contribution in [1.29, 1.82) is 0 Å². The predicted octanol–water partition coefficient (Wildman–Crippen LogP) is 3.19. The third-order valence-corrected chi connectivity index (χ3v) is 3.59. The van der Waals surface area contributed by atoms with Crippen molar-refractivity contribution in [2.45, 2.75) is 30.9 Å². The van der Waals surface area contributed by atoms with E-state index in [9.17, 15) is 0 Å². The molecule has 1 aliphatic carbocycles. The number of fused-ring (bicyclic) bond motifs is 1. The molecule has 1 heterocycles. The van der Waals surface area contributed by atoms with Gasteiger partial charge in [-0.15, -0.1) is 12.4 Å². The Bertz CT molecular complexity index is 392. The van der Waals surface area contributed by atoms with E-state index in [4.69, 9.17) is 10.5 Å². The fourth-order valence-corrected chi connectivity index (χ4v) is 2.51. The monoisotopic (exact) mass is 289 g/mol. The van der Waals surface area contributed by atoms with Crippen molar-refractivity contribution in [1.82, 2.24) is 0 Å². The molecule has 2 N–H and O–H groups in total. The first-order valence-corrected chi connectivity index (χ1v) is 5.72. The molecule has 15 heavy (non-hydrogen) atoms. The Labute approximate surface area is 104 Å². The molecular weight excluding hydrogens is 277 g/mol. The van der Waals surface area contributed by atoms with Crippen LogP contribution in [0.2, 0.25) is 0 Å². The molecule has 2 aliphatic rings. The molecule has 0 bridgehead atoms. The maximum atomic E-state index is 6.13. The first kappa shape index (κ1) is 11.2. The summed E-state index contributed by atoms with van der Waals surface area (Å²) in [5.41, 5.74) is 7.36. The lowest BCUT2D eigenvalue weighted by molar-refractivity contribution is 0.136. The molecule has 1 spiro atoms. The summed E-state index contributed by atoms with van der Waals surface area (Å²) >= 11 is 3.45. The number of rotatable bonds is 0. The topological polar surface area (TPSA) is 35.2 Å². The standard InChI is InChI=1S/C11H12BrNO.ClH/c12-7-1-2-10-8(5-7)9(13)6-11(14-10)3-4-11;/h1-2,5,9H,3-4,6,13H2;1H. The molecule has 2 nitrogen and oxygen atoms in total. The largest absolute Gasteiger partial charge is 0.487 e. The molecule has 1 fully saturated rings. The molecular formula is C11H13BrClNO. The first-order chi connectivity index (χ1) is 6.69. The molecule has 1 unspecified atom stereocenters. The van der Waals surface area contributed by atoms with Gasteiger partial charge in [0.05, 0.1) is 0 Å². The lowest BCUT2D eigenvalue weighted by Gasteiger charge is -2.30.